The van der Waals surface area contributed by atoms with E-state index < -0.39 is 12.0 Å². The number of carbonyl (C=O) groups is 1. The highest BCUT2D eigenvalue weighted by atomic mass is 16.4. The fourth-order valence-electron chi connectivity index (χ4n) is 2.48. The molecule has 0 amide bonds. The van der Waals surface area contributed by atoms with Crippen LogP contribution in [0.15, 0.2) is 54.6 Å². The van der Waals surface area contributed by atoms with Gasteiger partial charge in [0.25, 0.3) is 6.04 Å². The zero-order chi connectivity index (χ0) is 16.1. The summed E-state index contributed by atoms with van der Waals surface area (Å²) < 4.78 is 1.61. The lowest BCUT2D eigenvalue weighted by Gasteiger charge is -2.13. The highest BCUT2D eigenvalue weighted by Gasteiger charge is 2.30. The first kappa shape index (κ1) is 16.0. The summed E-state index contributed by atoms with van der Waals surface area (Å²) >= 11 is 0. The van der Waals surface area contributed by atoms with E-state index in [1.807, 2.05) is 68.4 Å². The monoisotopic (exact) mass is 296 g/mol. The topological polar surface area (TPSA) is 40.3 Å². The van der Waals surface area contributed by atoms with Crippen molar-refractivity contribution in [3.05, 3.63) is 54.6 Å². The molecule has 0 saturated carbocycles. The van der Waals surface area contributed by atoms with Crippen LogP contribution in [-0.2, 0) is 4.79 Å². The number of aliphatic carboxylic acids is 1. The van der Waals surface area contributed by atoms with Crippen molar-refractivity contribution in [1.29, 1.82) is 0 Å². The van der Waals surface area contributed by atoms with Gasteiger partial charge >= 0.3 is 5.97 Å². The second-order valence-electron chi connectivity index (χ2n) is 5.87. The van der Waals surface area contributed by atoms with E-state index in [2.05, 4.69) is 6.72 Å². The lowest BCUT2D eigenvalue weighted by molar-refractivity contribution is -0.466. The molecule has 2 aromatic carbocycles. The van der Waals surface area contributed by atoms with E-state index in [4.69, 9.17) is 0 Å². The largest absolute Gasteiger partial charge is 0.476 e. The van der Waals surface area contributed by atoms with E-state index in [9.17, 15) is 9.90 Å². The lowest BCUT2D eigenvalue weighted by Crippen LogP contribution is -2.31. The Morgan fingerprint density at radius 1 is 1.09 bits per heavy atom. The molecule has 0 bridgehead atoms. The van der Waals surface area contributed by atoms with Gasteiger partial charge in [-0.25, -0.2) is 4.79 Å². The quantitative estimate of drug-likeness (QED) is 0.641. The Bertz CT molecular complexity index is 662. The second-order valence-corrected chi connectivity index (χ2v) is 5.87. The molecule has 0 aliphatic heterocycles. The van der Waals surface area contributed by atoms with Crippen LogP contribution in [0.5, 0.6) is 0 Å². The van der Waals surface area contributed by atoms with Crippen molar-refractivity contribution in [3.63, 3.8) is 0 Å². The normalized spacial score (nSPS) is 12.1. The van der Waals surface area contributed by atoms with Crippen LogP contribution in [0.3, 0.4) is 0 Å². The molecule has 1 N–H and O–H groups in total. The maximum absolute atomic E-state index is 11.5. The molecule has 0 heterocycles. The molecule has 1 atom stereocenters. The smallest absolute Gasteiger partial charge is 0.373 e. The Morgan fingerprint density at radius 2 is 1.73 bits per heavy atom. The van der Waals surface area contributed by atoms with Crippen molar-refractivity contribution in [3.8, 4) is 11.1 Å². The number of benzene rings is 2. The van der Waals surface area contributed by atoms with Crippen molar-refractivity contribution >= 4 is 18.4 Å². The molecular weight excluding hydrogens is 274 g/mol. The average molecular weight is 296 g/mol. The summed E-state index contributed by atoms with van der Waals surface area (Å²) in [5, 5.41) is 9.46. The second kappa shape index (κ2) is 7.03. The molecule has 3 heteroatoms. The number of hydrogen-bond acceptors (Lipinski definition) is 1. The standard InChI is InChI=1S/C19H21NO2/c1-14(2)12-18(19(21)22)20(3)17-11-7-10-16(13-17)15-8-5-4-6-9-15/h4-11,13-14,18H,3,12H2,1-2H3/p+1. The first-order valence-electron chi connectivity index (χ1n) is 7.47. The van der Waals surface area contributed by atoms with Crippen LogP contribution in [0, 0.1) is 5.92 Å². The summed E-state index contributed by atoms with van der Waals surface area (Å²) in [5.74, 6) is -0.545. The highest BCUT2D eigenvalue weighted by molar-refractivity contribution is 5.73. The minimum absolute atomic E-state index is 0.294. The molecule has 0 aliphatic rings. The van der Waals surface area contributed by atoms with Crippen LogP contribution in [0.4, 0.5) is 5.69 Å². The van der Waals surface area contributed by atoms with Crippen LogP contribution >= 0.6 is 0 Å². The average Bonchev–Trinajstić information content (AvgIpc) is 2.52. The van der Waals surface area contributed by atoms with Gasteiger partial charge in [-0.3, -0.25) is 0 Å². The Morgan fingerprint density at radius 3 is 2.32 bits per heavy atom. The maximum atomic E-state index is 11.5. The SMILES string of the molecule is C=[N+](c1cccc(-c2ccccc2)c1)C(CC(C)C)C(=O)O. The van der Waals surface area contributed by atoms with Crippen LogP contribution < -0.4 is 0 Å². The first-order chi connectivity index (χ1) is 10.5. The third kappa shape index (κ3) is 3.82. The van der Waals surface area contributed by atoms with E-state index in [1.165, 1.54) is 0 Å². The van der Waals surface area contributed by atoms with Crippen LogP contribution in [0.2, 0.25) is 0 Å². The molecule has 0 spiro atoms. The van der Waals surface area contributed by atoms with Crippen molar-refractivity contribution in [2.75, 3.05) is 0 Å². The molecule has 0 aliphatic carbocycles. The molecule has 2 rings (SSSR count). The zero-order valence-electron chi connectivity index (χ0n) is 13.1. The Kier molecular flexibility index (Phi) is 5.10. The molecule has 22 heavy (non-hydrogen) atoms. The molecular formula is C19H22NO2+. The van der Waals surface area contributed by atoms with Gasteiger partial charge in [-0.15, -0.1) is 0 Å². The summed E-state index contributed by atoms with van der Waals surface area (Å²) in [6.07, 6.45) is 0.564. The molecule has 0 fully saturated rings. The summed E-state index contributed by atoms with van der Waals surface area (Å²) in [6, 6.07) is 17.2. The third-order valence-electron chi connectivity index (χ3n) is 3.64. The van der Waals surface area contributed by atoms with Crippen molar-refractivity contribution in [1.82, 2.24) is 0 Å². The summed E-state index contributed by atoms with van der Waals surface area (Å²) in [5.41, 5.74) is 2.98. The van der Waals surface area contributed by atoms with Crippen LogP contribution in [0.25, 0.3) is 11.1 Å². The van der Waals surface area contributed by atoms with E-state index in [-0.39, 0.29) is 0 Å². The Balaban J connectivity index is 2.32. The summed E-state index contributed by atoms with van der Waals surface area (Å²) in [6.45, 7) is 8.01. The van der Waals surface area contributed by atoms with Gasteiger partial charge in [0.1, 0.15) is 6.72 Å². The van der Waals surface area contributed by atoms with E-state index >= 15 is 0 Å². The van der Waals surface area contributed by atoms with Crippen molar-refractivity contribution in [2.24, 2.45) is 5.92 Å². The van der Waals surface area contributed by atoms with E-state index in [0.29, 0.717) is 12.3 Å². The first-order valence-corrected chi connectivity index (χ1v) is 7.47. The van der Waals surface area contributed by atoms with Gasteiger partial charge in [-0.1, -0.05) is 56.3 Å². The van der Waals surface area contributed by atoms with Gasteiger partial charge in [0.15, 0.2) is 0 Å². The molecule has 1 unspecified atom stereocenters. The Labute approximate surface area is 131 Å². The summed E-state index contributed by atoms with van der Waals surface area (Å²) in [4.78, 5) is 11.5. The minimum Gasteiger partial charge on any atom is -0.476 e. The van der Waals surface area contributed by atoms with E-state index in [0.717, 1.165) is 16.8 Å². The Hall–Kier alpha value is -2.42. The maximum Gasteiger partial charge on any atom is 0.373 e. The number of carboxylic acids is 1. The van der Waals surface area contributed by atoms with Gasteiger partial charge in [0, 0.05) is 18.6 Å². The van der Waals surface area contributed by atoms with Crippen LogP contribution in [0.1, 0.15) is 20.3 Å². The molecule has 114 valence electrons. The predicted octanol–water partition coefficient (Wildman–Crippen LogP) is 4.20. The number of rotatable bonds is 6. The third-order valence-corrected chi connectivity index (χ3v) is 3.64. The molecule has 0 saturated heterocycles. The molecule has 0 aromatic heterocycles. The minimum atomic E-state index is -0.839. The molecule has 2 aromatic rings. The number of carboxylic acid groups (broad SMARTS) is 1. The zero-order valence-corrected chi connectivity index (χ0v) is 13.1. The summed E-state index contributed by atoms with van der Waals surface area (Å²) in [7, 11) is 0. The number of nitrogens with zero attached hydrogens (tertiary/aromatic N) is 1. The van der Waals surface area contributed by atoms with Gasteiger partial charge in [0.2, 0.25) is 5.69 Å². The van der Waals surface area contributed by atoms with Crippen molar-refractivity contribution < 1.29 is 14.5 Å². The van der Waals surface area contributed by atoms with Gasteiger partial charge < -0.3 is 5.11 Å². The fraction of sp³-hybridized carbons (Fsp3) is 0.263. The van der Waals surface area contributed by atoms with Gasteiger partial charge in [-0.05, 0) is 17.0 Å². The number of hydrogen-bond donors (Lipinski definition) is 1. The fourth-order valence-corrected chi connectivity index (χ4v) is 2.48. The van der Waals surface area contributed by atoms with E-state index in [1.54, 1.807) is 4.58 Å². The highest BCUT2D eigenvalue weighted by Crippen LogP contribution is 2.25. The molecule has 0 radical (unpaired) electrons. The van der Waals surface area contributed by atoms with Crippen LogP contribution in [-0.4, -0.2) is 28.4 Å². The van der Waals surface area contributed by atoms with Gasteiger partial charge in [0.05, 0.1) is 0 Å². The van der Waals surface area contributed by atoms with Crippen molar-refractivity contribution in [2.45, 2.75) is 26.3 Å². The lowest BCUT2D eigenvalue weighted by atomic mass is 10.0. The molecule has 3 nitrogen and oxygen atoms in total. The predicted molar refractivity (Wildman–Crippen MR) is 89.8 cm³/mol. The van der Waals surface area contributed by atoms with Gasteiger partial charge in [-0.2, -0.15) is 4.58 Å².